The van der Waals surface area contributed by atoms with Crippen LogP contribution in [0.25, 0.3) is 0 Å². The van der Waals surface area contributed by atoms with E-state index in [1.54, 1.807) is 18.4 Å². The zero-order valence-electron chi connectivity index (χ0n) is 11.3. The summed E-state index contributed by atoms with van der Waals surface area (Å²) in [6, 6.07) is 2.05. The summed E-state index contributed by atoms with van der Waals surface area (Å²) in [6.07, 6.45) is 0.884. The third-order valence-electron chi connectivity index (χ3n) is 2.63. The molecule has 0 spiro atoms. The van der Waals surface area contributed by atoms with Crippen molar-refractivity contribution in [3.8, 4) is 11.8 Å². The molecule has 0 aliphatic rings. The first-order valence-corrected chi connectivity index (χ1v) is 6.84. The zero-order valence-corrected chi connectivity index (χ0v) is 12.1. The lowest BCUT2D eigenvalue weighted by atomic mass is 10.1. The van der Waals surface area contributed by atoms with Gasteiger partial charge in [-0.3, -0.25) is 0 Å². The van der Waals surface area contributed by atoms with E-state index in [0.29, 0.717) is 19.8 Å². The Morgan fingerprint density at radius 1 is 1.44 bits per heavy atom. The summed E-state index contributed by atoms with van der Waals surface area (Å²) in [7, 11) is 1.72. The van der Waals surface area contributed by atoms with Crippen molar-refractivity contribution in [3.05, 3.63) is 21.9 Å². The van der Waals surface area contributed by atoms with Crippen molar-refractivity contribution in [3.63, 3.8) is 0 Å². The summed E-state index contributed by atoms with van der Waals surface area (Å²) in [5, 5.41) is 2.03. The van der Waals surface area contributed by atoms with Gasteiger partial charge >= 0.3 is 0 Å². The maximum Gasteiger partial charge on any atom is 0.0809 e. The molecule has 18 heavy (non-hydrogen) atoms. The minimum absolute atomic E-state index is 0.118. The molecule has 0 atom stereocenters. The molecule has 0 bridgehead atoms. The van der Waals surface area contributed by atoms with Gasteiger partial charge in [-0.2, -0.15) is 0 Å². The molecule has 0 saturated heterocycles. The Kier molecular flexibility index (Phi) is 6.37. The van der Waals surface area contributed by atoms with Crippen LogP contribution in [0, 0.1) is 11.8 Å². The fraction of sp³-hybridized carbons (Fsp3) is 0.571. The highest BCUT2D eigenvalue weighted by Crippen LogP contribution is 2.16. The summed E-state index contributed by atoms with van der Waals surface area (Å²) in [4.78, 5) is 1.19. The molecular formula is C14H21NO2S. The van der Waals surface area contributed by atoms with Crippen molar-refractivity contribution in [1.29, 1.82) is 0 Å². The standard InChI is InChI=1S/C14H21NO2S/c1-14(2,16-3)6-8-17-10-13-9-12(11-18-13)5-4-7-15/h9,11H,6-8,10,15H2,1-3H3. The molecule has 0 aliphatic heterocycles. The predicted molar refractivity (Wildman–Crippen MR) is 75.6 cm³/mol. The van der Waals surface area contributed by atoms with E-state index in [2.05, 4.69) is 31.8 Å². The van der Waals surface area contributed by atoms with Gasteiger partial charge in [-0.1, -0.05) is 11.8 Å². The summed E-state index contributed by atoms with van der Waals surface area (Å²) in [6.45, 7) is 5.84. The molecule has 4 heteroatoms. The van der Waals surface area contributed by atoms with Gasteiger partial charge in [-0.05, 0) is 26.3 Å². The third-order valence-corrected chi connectivity index (χ3v) is 3.54. The molecule has 2 N–H and O–H groups in total. The summed E-state index contributed by atoms with van der Waals surface area (Å²) >= 11 is 1.66. The second-order valence-electron chi connectivity index (χ2n) is 4.57. The fourth-order valence-corrected chi connectivity index (χ4v) is 2.02. The fourth-order valence-electron chi connectivity index (χ4n) is 1.27. The van der Waals surface area contributed by atoms with Gasteiger partial charge in [-0.15, -0.1) is 11.3 Å². The molecule has 0 amide bonds. The maximum atomic E-state index is 5.63. The largest absolute Gasteiger partial charge is 0.379 e. The lowest BCUT2D eigenvalue weighted by molar-refractivity contribution is -0.0121. The van der Waals surface area contributed by atoms with Crippen LogP contribution in [0.4, 0.5) is 0 Å². The van der Waals surface area contributed by atoms with Gasteiger partial charge in [0.15, 0.2) is 0 Å². The van der Waals surface area contributed by atoms with Crippen LogP contribution >= 0.6 is 11.3 Å². The van der Waals surface area contributed by atoms with Crippen LogP contribution in [0.2, 0.25) is 0 Å². The van der Waals surface area contributed by atoms with E-state index in [4.69, 9.17) is 15.2 Å². The number of nitrogens with two attached hydrogens (primary N) is 1. The molecule has 0 fully saturated rings. The average Bonchev–Trinajstić information content (AvgIpc) is 2.80. The van der Waals surface area contributed by atoms with Gasteiger partial charge in [0, 0.05) is 29.5 Å². The number of ether oxygens (including phenoxy) is 2. The van der Waals surface area contributed by atoms with Crippen LogP contribution in [-0.4, -0.2) is 25.9 Å². The van der Waals surface area contributed by atoms with Crippen molar-refractivity contribution in [1.82, 2.24) is 0 Å². The Labute approximate surface area is 113 Å². The van der Waals surface area contributed by atoms with Crippen LogP contribution < -0.4 is 5.73 Å². The number of hydrogen-bond donors (Lipinski definition) is 1. The SMILES string of the molecule is COC(C)(C)CCOCc1cc(C#CCN)cs1. The smallest absolute Gasteiger partial charge is 0.0809 e. The molecule has 0 radical (unpaired) electrons. The van der Waals surface area contributed by atoms with Crippen molar-refractivity contribution < 1.29 is 9.47 Å². The van der Waals surface area contributed by atoms with E-state index < -0.39 is 0 Å². The quantitative estimate of drug-likeness (QED) is 0.636. The van der Waals surface area contributed by atoms with Crippen LogP contribution in [0.1, 0.15) is 30.7 Å². The zero-order chi connectivity index (χ0) is 13.4. The van der Waals surface area contributed by atoms with Crippen LogP contribution in [0.15, 0.2) is 11.4 Å². The maximum absolute atomic E-state index is 5.63. The van der Waals surface area contributed by atoms with E-state index >= 15 is 0 Å². The summed E-state index contributed by atoms with van der Waals surface area (Å²) in [5.74, 6) is 5.85. The van der Waals surface area contributed by atoms with Gasteiger partial charge in [0.05, 0.1) is 18.8 Å². The molecular weight excluding hydrogens is 246 g/mol. The van der Waals surface area contributed by atoms with E-state index in [1.165, 1.54) is 4.88 Å². The second kappa shape index (κ2) is 7.55. The molecule has 1 aromatic heterocycles. The topological polar surface area (TPSA) is 44.5 Å². The monoisotopic (exact) mass is 267 g/mol. The first-order chi connectivity index (χ1) is 8.57. The molecule has 100 valence electrons. The van der Waals surface area contributed by atoms with Gasteiger partial charge in [-0.25, -0.2) is 0 Å². The van der Waals surface area contributed by atoms with Gasteiger partial charge < -0.3 is 15.2 Å². The Bertz CT molecular complexity index is 415. The predicted octanol–water partition coefficient (Wildman–Crippen LogP) is 2.39. The molecule has 0 saturated carbocycles. The van der Waals surface area contributed by atoms with Crippen molar-refractivity contribution in [2.45, 2.75) is 32.5 Å². The number of hydrogen-bond acceptors (Lipinski definition) is 4. The summed E-state index contributed by atoms with van der Waals surface area (Å²) < 4.78 is 11.0. The minimum Gasteiger partial charge on any atom is -0.379 e. The first-order valence-electron chi connectivity index (χ1n) is 5.96. The molecule has 1 aromatic rings. The Hall–Kier alpha value is -0.860. The van der Waals surface area contributed by atoms with Gasteiger partial charge in [0.1, 0.15) is 0 Å². The van der Waals surface area contributed by atoms with E-state index in [0.717, 1.165) is 12.0 Å². The Balaban J connectivity index is 2.30. The lowest BCUT2D eigenvalue weighted by Gasteiger charge is -2.22. The number of rotatable bonds is 6. The second-order valence-corrected chi connectivity index (χ2v) is 5.57. The highest BCUT2D eigenvalue weighted by Gasteiger charge is 2.15. The number of methoxy groups -OCH3 is 1. The lowest BCUT2D eigenvalue weighted by Crippen LogP contribution is -2.24. The van der Waals surface area contributed by atoms with Crippen LogP contribution in [0.5, 0.6) is 0 Å². The average molecular weight is 267 g/mol. The van der Waals surface area contributed by atoms with E-state index in [1.807, 2.05) is 5.38 Å². The Morgan fingerprint density at radius 2 is 2.22 bits per heavy atom. The van der Waals surface area contributed by atoms with Crippen molar-refractivity contribution in [2.24, 2.45) is 5.73 Å². The molecule has 1 rings (SSSR count). The highest BCUT2D eigenvalue weighted by atomic mass is 32.1. The summed E-state index contributed by atoms with van der Waals surface area (Å²) in [5.41, 5.74) is 6.23. The minimum atomic E-state index is -0.118. The normalized spacial score (nSPS) is 11.1. The van der Waals surface area contributed by atoms with Crippen LogP contribution in [-0.2, 0) is 16.1 Å². The van der Waals surface area contributed by atoms with E-state index in [-0.39, 0.29) is 5.60 Å². The molecule has 3 nitrogen and oxygen atoms in total. The van der Waals surface area contributed by atoms with Crippen molar-refractivity contribution >= 4 is 11.3 Å². The number of thiophene rings is 1. The third kappa shape index (κ3) is 5.65. The molecule has 1 heterocycles. The van der Waals surface area contributed by atoms with Gasteiger partial charge in [0.25, 0.3) is 0 Å². The molecule has 0 aliphatic carbocycles. The van der Waals surface area contributed by atoms with Crippen LogP contribution in [0.3, 0.4) is 0 Å². The highest BCUT2D eigenvalue weighted by molar-refractivity contribution is 7.10. The molecule has 0 unspecified atom stereocenters. The molecule has 0 aromatic carbocycles. The van der Waals surface area contributed by atoms with E-state index in [9.17, 15) is 0 Å². The Morgan fingerprint density at radius 3 is 2.89 bits per heavy atom. The van der Waals surface area contributed by atoms with Crippen molar-refractivity contribution in [2.75, 3.05) is 20.3 Å². The first kappa shape index (κ1) is 15.2. The van der Waals surface area contributed by atoms with Gasteiger partial charge in [0.2, 0.25) is 0 Å².